The lowest BCUT2D eigenvalue weighted by atomic mass is 10.0. The Kier molecular flexibility index (Phi) is 9.95. The van der Waals surface area contributed by atoms with Crippen LogP contribution >= 0.6 is 0 Å². The molecule has 8 N–H and O–H groups in total. The van der Waals surface area contributed by atoms with Crippen LogP contribution in [0.3, 0.4) is 0 Å². The number of aliphatic hydroxyl groups is 1. The number of likely N-dealkylation sites (tertiary alicyclic amines) is 1. The predicted octanol–water partition coefficient (Wildman–Crippen LogP) is -2.14. The van der Waals surface area contributed by atoms with Gasteiger partial charge in [0.2, 0.25) is 23.6 Å². The number of nitrogens with zero attached hydrogens (tertiary/aromatic N) is 1. The minimum Gasteiger partial charge on any atom is -0.480 e. The molecule has 2 rings (SSSR count). The molecule has 4 atom stereocenters. The van der Waals surface area contributed by atoms with E-state index in [0.717, 1.165) is 5.56 Å². The maximum atomic E-state index is 12.9. The lowest BCUT2D eigenvalue weighted by Crippen LogP contribution is -2.57. The maximum Gasteiger partial charge on any atom is 0.326 e. The summed E-state index contributed by atoms with van der Waals surface area (Å²) in [6, 6.07) is 4.62. The number of hydrogen-bond donors (Lipinski definition) is 6. The molecule has 0 bridgehead atoms. The third-order valence-electron chi connectivity index (χ3n) is 5.56. The highest BCUT2D eigenvalue weighted by atomic mass is 16.4. The van der Waals surface area contributed by atoms with Crippen molar-refractivity contribution >= 4 is 29.6 Å². The lowest BCUT2D eigenvalue weighted by Gasteiger charge is -2.28. The molecule has 1 fully saturated rings. The molecule has 0 radical (unpaired) electrons. The average Bonchev–Trinajstić information content (AvgIpc) is 3.29. The molecule has 0 spiro atoms. The standard InChI is InChI=1S/C22H31N5O7/c23-14(11-13-5-2-1-3-6-13)21(32)27-10-4-7-17(27)20(31)26-16(12-28)19(30)25-15(22(33)34)8-9-18(24)29/h1-3,5-6,14-17,28H,4,7-12,23H2,(H2,24,29)(H,25,30)(H,26,31)(H,33,34). The lowest BCUT2D eigenvalue weighted by molar-refractivity contribution is -0.143. The molecule has 0 aliphatic carbocycles. The van der Waals surface area contributed by atoms with Gasteiger partial charge in [-0.3, -0.25) is 19.2 Å². The van der Waals surface area contributed by atoms with E-state index in [2.05, 4.69) is 10.6 Å². The summed E-state index contributed by atoms with van der Waals surface area (Å²) < 4.78 is 0. The van der Waals surface area contributed by atoms with E-state index in [-0.39, 0.29) is 12.8 Å². The van der Waals surface area contributed by atoms with Crippen molar-refractivity contribution in [2.45, 2.75) is 56.3 Å². The van der Waals surface area contributed by atoms with Gasteiger partial charge in [-0.1, -0.05) is 30.3 Å². The van der Waals surface area contributed by atoms with Crippen LogP contribution in [0, 0.1) is 0 Å². The van der Waals surface area contributed by atoms with Crippen LogP contribution in [0.5, 0.6) is 0 Å². The van der Waals surface area contributed by atoms with Gasteiger partial charge in [-0.05, 0) is 31.2 Å². The predicted molar refractivity (Wildman–Crippen MR) is 120 cm³/mol. The molecule has 1 aliphatic rings. The zero-order valence-electron chi connectivity index (χ0n) is 18.7. The molecule has 1 heterocycles. The van der Waals surface area contributed by atoms with Gasteiger partial charge in [0.1, 0.15) is 18.1 Å². The van der Waals surface area contributed by atoms with Crippen LogP contribution in [-0.4, -0.2) is 82.0 Å². The number of aliphatic hydroxyl groups excluding tert-OH is 1. The number of rotatable bonds is 12. The van der Waals surface area contributed by atoms with Crippen LogP contribution in [0.2, 0.25) is 0 Å². The quantitative estimate of drug-likeness (QED) is 0.195. The molecule has 34 heavy (non-hydrogen) atoms. The number of primary amides is 1. The number of amides is 4. The number of nitrogens with two attached hydrogens (primary N) is 2. The number of carbonyl (C=O) groups excluding carboxylic acids is 4. The maximum absolute atomic E-state index is 12.9. The number of aliphatic carboxylic acids is 1. The van der Waals surface area contributed by atoms with Gasteiger partial charge in [-0.25, -0.2) is 4.79 Å². The van der Waals surface area contributed by atoms with Crippen molar-refractivity contribution in [3.63, 3.8) is 0 Å². The van der Waals surface area contributed by atoms with Gasteiger partial charge < -0.3 is 37.2 Å². The van der Waals surface area contributed by atoms with Crippen molar-refractivity contribution in [1.29, 1.82) is 0 Å². The highest BCUT2D eigenvalue weighted by Crippen LogP contribution is 2.19. The number of carboxylic acids is 1. The third-order valence-corrected chi connectivity index (χ3v) is 5.56. The number of carbonyl (C=O) groups is 5. The first kappa shape index (κ1) is 26.7. The molecule has 1 aromatic carbocycles. The zero-order valence-corrected chi connectivity index (χ0v) is 18.7. The normalized spacial score (nSPS) is 17.9. The summed E-state index contributed by atoms with van der Waals surface area (Å²) in [6.45, 7) is -0.475. The van der Waals surface area contributed by atoms with Crippen molar-refractivity contribution in [3.8, 4) is 0 Å². The fourth-order valence-electron chi connectivity index (χ4n) is 3.75. The van der Waals surface area contributed by atoms with Crippen molar-refractivity contribution in [1.82, 2.24) is 15.5 Å². The molecular formula is C22H31N5O7. The second kappa shape index (κ2) is 12.7. The molecule has 1 aliphatic heterocycles. The van der Waals surface area contributed by atoms with E-state index in [9.17, 15) is 34.2 Å². The molecule has 4 amide bonds. The first-order chi connectivity index (χ1) is 16.1. The number of benzene rings is 1. The summed E-state index contributed by atoms with van der Waals surface area (Å²) >= 11 is 0. The second-order valence-corrected chi connectivity index (χ2v) is 8.13. The molecule has 1 aromatic rings. The number of carboxylic acid groups (broad SMARTS) is 1. The van der Waals surface area contributed by atoms with Crippen LogP contribution in [0.15, 0.2) is 30.3 Å². The van der Waals surface area contributed by atoms with E-state index in [1.54, 1.807) is 0 Å². The zero-order chi connectivity index (χ0) is 25.3. The SMILES string of the molecule is NC(=O)CCC(NC(=O)C(CO)NC(=O)C1CCCN1C(=O)C(N)Cc1ccccc1)C(=O)O. The Labute approximate surface area is 196 Å². The van der Waals surface area contributed by atoms with Crippen molar-refractivity contribution in [2.75, 3.05) is 13.2 Å². The van der Waals surface area contributed by atoms with E-state index < -0.39 is 60.4 Å². The van der Waals surface area contributed by atoms with E-state index in [1.807, 2.05) is 30.3 Å². The van der Waals surface area contributed by atoms with Gasteiger partial charge in [0.15, 0.2) is 0 Å². The minimum atomic E-state index is -1.45. The smallest absolute Gasteiger partial charge is 0.326 e. The van der Waals surface area contributed by atoms with Crippen LogP contribution in [0.4, 0.5) is 0 Å². The van der Waals surface area contributed by atoms with Crippen LogP contribution in [0.1, 0.15) is 31.2 Å². The van der Waals surface area contributed by atoms with E-state index in [4.69, 9.17) is 11.5 Å². The highest BCUT2D eigenvalue weighted by Gasteiger charge is 2.37. The van der Waals surface area contributed by atoms with Crippen molar-refractivity contribution < 1.29 is 34.2 Å². The molecular weight excluding hydrogens is 446 g/mol. The summed E-state index contributed by atoms with van der Waals surface area (Å²) in [4.78, 5) is 61.8. The molecule has 186 valence electrons. The molecule has 0 aromatic heterocycles. The number of hydrogen-bond acceptors (Lipinski definition) is 7. The van der Waals surface area contributed by atoms with Gasteiger partial charge in [0.05, 0.1) is 12.6 Å². The average molecular weight is 478 g/mol. The molecule has 12 nitrogen and oxygen atoms in total. The van der Waals surface area contributed by atoms with Gasteiger partial charge in [0.25, 0.3) is 0 Å². The molecule has 4 unspecified atom stereocenters. The summed E-state index contributed by atoms with van der Waals surface area (Å²) in [7, 11) is 0. The highest BCUT2D eigenvalue weighted by molar-refractivity contribution is 5.94. The van der Waals surface area contributed by atoms with Crippen LogP contribution < -0.4 is 22.1 Å². The van der Waals surface area contributed by atoms with E-state index in [1.165, 1.54) is 4.90 Å². The van der Waals surface area contributed by atoms with Gasteiger partial charge in [-0.15, -0.1) is 0 Å². The Hall–Kier alpha value is -3.51. The van der Waals surface area contributed by atoms with Crippen LogP contribution in [0.25, 0.3) is 0 Å². The largest absolute Gasteiger partial charge is 0.480 e. The summed E-state index contributed by atoms with van der Waals surface area (Å²) in [5.41, 5.74) is 12.0. The number of nitrogens with one attached hydrogen (secondary N) is 2. The topological polar surface area (TPSA) is 205 Å². The second-order valence-electron chi connectivity index (χ2n) is 8.13. The Balaban J connectivity index is 1.99. The summed E-state index contributed by atoms with van der Waals surface area (Å²) in [6.07, 6.45) is 0.703. The van der Waals surface area contributed by atoms with E-state index in [0.29, 0.717) is 25.8 Å². The van der Waals surface area contributed by atoms with E-state index >= 15 is 0 Å². The Morgan fingerprint density at radius 2 is 1.76 bits per heavy atom. The Morgan fingerprint density at radius 1 is 1.09 bits per heavy atom. The first-order valence-electron chi connectivity index (χ1n) is 11.0. The van der Waals surface area contributed by atoms with Crippen LogP contribution in [-0.2, 0) is 30.4 Å². The Bertz CT molecular complexity index is 895. The molecule has 0 saturated carbocycles. The first-order valence-corrected chi connectivity index (χ1v) is 11.0. The Morgan fingerprint density at radius 3 is 2.35 bits per heavy atom. The summed E-state index contributed by atoms with van der Waals surface area (Å²) in [5.74, 6) is -4.12. The third kappa shape index (κ3) is 7.52. The molecule has 1 saturated heterocycles. The van der Waals surface area contributed by atoms with Crippen molar-refractivity contribution in [3.05, 3.63) is 35.9 Å². The fourth-order valence-corrected chi connectivity index (χ4v) is 3.75. The monoisotopic (exact) mass is 477 g/mol. The van der Waals surface area contributed by atoms with Gasteiger partial charge in [-0.2, -0.15) is 0 Å². The fraction of sp³-hybridized carbons (Fsp3) is 0.500. The van der Waals surface area contributed by atoms with Gasteiger partial charge in [0, 0.05) is 13.0 Å². The summed E-state index contributed by atoms with van der Waals surface area (Å²) in [5, 5.41) is 23.4. The van der Waals surface area contributed by atoms with Crippen molar-refractivity contribution in [2.24, 2.45) is 11.5 Å². The van der Waals surface area contributed by atoms with Gasteiger partial charge >= 0.3 is 5.97 Å². The molecule has 12 heteroatoms. The minimum absolute atomic E-state index is 0.243.